The molecule has 3 heteroatoms. The number of likely N-dealkylation sites (tertiary alicyclic amines) is 1. The standard InChI is InChI=1S/C16H30N2O/c1-12-8-9-16(19-12)15(11-17)18-10-4-6-13-5-2-3-7-14(13)18/h12-16H,2-11,17H2,1H3. The minimum atomic E-state index is 0.390. The van der Waals surface area contributed by atoms with Gasteiger partial charge >= 0.3 is 0 Å². The van der Waals surface area contributed by atoms with Crippen LogP contribution in [0.4, 0.5) is 0 Å². The molecule has 2 saturated heterocycles. The average Bonchev–Trinajstić information content (AvgIpc) is 2.86. The Labute approximate surface area is 117 Å². The highest BCUT2D eigenvalue weighted by atomic mass is 16.5. The van der Waals surface area contributed by atoms with Gasteiger partial charge in [-0.1, -0.05) is 12.8 Å². The zero-order valence-electron chi connectivity index (χ0n) is 12.4. The van der Waals surface area contributed by atoms with Gasteiger partial charge in [0.05, 0.1) is 12.2 Å². The fourth-order valence-corrected chi connectivity index (χ4v) is 4.69. The zero-order chi connectivity index (χ0) is 13.2. The molecule has 3 rings (SSSR count). The maximum absolute atomic E-state index is 6.13. The number of rotatable bonds is 3. The van der Waals surface area contributed by atoms with Crippen LogP contribution < -0.4 is 5.73 Å². The summed E-state index contributed by atoms with van der Waals surface area (Å²) in [7, 11) is 0. The first kappa shape index (κ1) is 13.8. The van der Waals surface area contributed by atoms with Crippen molar-refractivity contribution in [3.8, 4) is 0 Å². The number of hydrogen-bond donors (Lipinski definition) is 1. The highest BCUT2D eigenvalue weighted by Crippen LogP contribution is 2.38. The van der Waals surface area contributed by atoms with Crippen molar-refractivity contribution in [2.24, 2.45) is 11.7 Å². The molecule has 2 N–H and O–H groups in total. The van der Waals surface area contributed by atoms with E-state index in [0.29, 0.717) is 18.2 Å². The van der Waals surface area contributed by atoms with Gasteiger partial charge in [0.1, 0.15) is 0 Å². The van der Waals surface area contributed by atoms with Crippen molar-refractivity contribution in [2.45, 2.75) is 82.6 Å². The Morgan fingerprint density at radius 2 is 1.89 bits per heavy atom. The molecule has 2 aliphatic heterocycles. The highest BCUT2D eigenvalue weighted by Gasteiger charge is 2.40. The number of ether oxygens (including phenoxy) is 1. The van der Waals surface area contributed by atoms with Crippen molar-refractivity contribution < 1.29 is 4.74 Å². The minimum absolute atomic E-state index is 0.390. The number of nitrogens with zero attached hydrogens (tertiary/aromatic N) is 1. The van der Waals surface area contributed by atoms with Crippen molar-refractivity contribution in [1.29, 1.82) is 0 Å². The lowest BCUT2D eigenvalue weighted by atomic mass is 9.77. The van der Waals surface area contributed by atoms with Crippen molar-refractivity contribution in [2.75, 3.05) is 13.1 Å². The number of hydrogen-bond acceptors (Lipinski definition) is 3. The Morgan fingerprint density at radius 1 is 1.11 bits per heavy atom. The van der Waals surface area contributed by atoms with E-state index in [0.717, 1.165) is 18.5 Å². The summed E-state index contributed by atoms with van der Waals surface area (Å²) in [6, 6.07) is 1.27. The molecule has 0 spiro atoms. The molecule has 3 aliphatic rings. The Hall–Kier alpha value is -0.120. The van der Waals surface area contributed by atoms with E-state index in [1.165, 1.54) is 57.9 Å². The minimum Gasteiger partial charge on any atom is -0.374 e. The quantitative estimate of drug-likeness (QED) is 0.853. The Morgan fingerprint density at radius 3 is 2.63 bits per heavy atom. The second-order valence-electron chi connectivity index (χ2n) is 6.86. The molecule has 5 atom stereocenters. The van der Waals surface area contributed by atoms with E-state index < -0.39 is 0 Å². The second kappa shape index (κ2) is 6.11. The van der Waals surface area contributed by atoms with E-state index >= 15 is 0 Å². The summed E-state index contributed by atoms with van der Waals surface area (Å²) in [4.78, 5) is 2.75. The van der Waals surface area contributed by atoms with Crippen LogP contribution in [0.3, 0.4) is 0 Å². The van der Waals surface area contributed by atoms with Crippen LogP contribution in [0, 0.1) is 5.92 Å². The second-order valence-corrected chi connectivity index (χ2v) is 6.86. The van der Waals surface area contributed by atoms with Crippen LogP contribution in [-0.4, -0.2) is 42.3 Å². The number of piperidine rings is 1. The van der Waals surface area contributed by atoms with Gasteiger partial charge in [0, 0.05) is 18.6 Å². The molecule has 3 nitrogen and oxygen atoms in total. The molecule has 3 fully saturated rings. The number of nitrogens with two attached hydrogens (primary N) is 1. The molecular weight excluding hydrogens is 236 g/mol. The maximum Gasteiger partial charge on any atom is 0.0747 e. The van der Waals surface area contributed by atoms with Gasteiger partial charge < -0.3 is 10.5 Å². The normalized spacial score (nSPS) is 42.0. The molecule has 0 amide bonds. The third-order valence-electron chi connectivity index (χ3n) is 5.65. The highest BCUT2D eigenvalue weighted by molar-refractivity contribution is 4.94. The first-order valence-electron chi connectivity index (χ1n) is 8.41. The van der Waals surface area contributed by atoms with E-state index in [9.17, 15) is 0 Å². The van der Waals surface area contributed by atoms with E-state index in [4.69, 9.17) is 10.5 Å². The van der Waals surface area contributed by atoms with Gasteiger partial charge in [0.25, 0.3) is 0 Å². The molecule has 19 heavy (non-hydrogen) atoms. The fourth-order valence-electron chi connectivity index (χ4n) is 4.69. The van der Waals surface area contributed by atoms with Crippen LogP contribution in [0.25, 0.3) is 0 Å². The van der Waals surface area contributed by atoms with Crippen LogP contribution in [0.5, 0.6) is 0 Å². The monoisotopic (exact) mass is 266 g/mol. The largest absolute Gasteiger partial charge is 0.374 e. The van der Waals surface area contributed by atoms with Gasteiger partial charge in [0.2, 0.25) is 0 Å². The zero-order valence-corrected chi connectivity index (χ0v) is 12.4. The average molecular weight is 266 g/mol. The van der Waals surface area contributed by atoms with Crippen molar-refractivity contribution in [3.05, 3.63) is 0 Å². The van der Waals surface area contributed by atoms with Crippen molar-refractivity contribution >= 4 is 0 Å². The molecule has 0 aromatic heterocycles. The summed E-state index contributed by atoms with van der Waals surface area (Å²) in [6.45, 7) is 4.21. The summed E-state index contributed by atoms with van der Waals surface area (Å²) in [5.74, 6) is 0.940. The molecule has 0 aromatic carbocycles. The van der Waals surface area contributed by atoms with E-state index in [1.807, 2.05) is 0 Å². The molecule has 0 radical (unpaired) electrons. The van der Waals surface area contributed by atoms with Crippen LogP contribution >= 0.6 is 0 Å². The molecular formula is C16H30N2O. The summed E-state index contributed by atoms with van der Waals surface area (Å²) in [6.07, 6.45) is 11.7. The lowest BCUT2D eigenvalue weighted by Gasteiger charge is -2.48. The third kappa shape index (κ3) is 2.84. The molecule has 0 bridgehead atoms. The Balaban J connectivity index is 1.70. The Kier molecular flexibility index (Phi) is 4.45. The summed E-state index contributed by atoms with van der Waals surface area (Å²) in [5, 5.41) is 0. The van der Waals surface area contributed by atoms with Crippen LogP contribution in [0.2, 0.25) is 0 Å². The van der Waals surface area contributed by atoms with Crippen molar-refractivity contribution in [1.82, 2.24) is 4.90 Å². The van der Waals surface area contributed by atoms with Crippen LogP contribution in [-0.2, 0) is 4.74 Å². The van der Waals surface area contributed by atoms with Crippen LogP contribution in [0.15, 0.2) is 0 Å². The molecule has 1 saturated carbocycles. The molecule has 1 aliphatic carbocycles. The fraction of sp³-hybridized carbons (Fsp3) is 1.00. The summed E-state index contributed by atoms with van der Waals surface area (Å²) in [5.41, 5.74) is 6.13. The molecule has 0 aromatic rings. The van der Waals surface area contributed by atoms with Gasteiger partial charge in [-0.25, -0.2) is 0 Å². The predicted molar refractivity (Wildman–Crippen MR) is 78.1 cm³/mol. The SMILES string of the molecule is CC1CCC(C(CN)N2CCCC3CCCCC32)O1. The van der Waals surface area contributed by atoms with Gasteiger partial charge in [-0.05, 0) is 57.9 Å². The lowest BCUT2D eigenvalue weighted by Crippen LogP contribution is -2.57. The molecule has 5 unspecified atom stereocenters. The van der Waals surface area contributed by atoms with E-state index in [1.54, 1.807) is 0 Å². The summed E-state index contributed by atoms with van der Waals surface area (Å²) < 4.78 is 6.13. The van der Waals surface area contributed by atoms with Gasteiger partial charge in [-0.2, -0.15) is 0 Å². The van der Waals surface area contributed by atoms with Crippen LogP contribution in [0.1, 0.15) is 58.3 Å². The predicted octanol–water partition coefficient (Wildman–Crippen LogP) is 2.54. The topological polar surface area (TPSA) is 38.5 Å². The van der Waals surface area contributed by atoms with E-state index in [2.05, 4.69) is 11.8 Å². The maximum atomic E-state index is 6.13. The van der Waals surface area contributed by atoms with E-state index in [-0.39, 0.29) is 0 Å². The van der Waals surface area contributed by atoms with Crippen molar-refractivity contribution in [3.63, 3.8) is 0 Å². The smallest absolute Gasteiger partial charge is 0.0747 e. The lowest BCUT2D eigenvalue weighted by molar-refractivity contribution is -0.0477. The first-order chi connectivity index (χ1) is 9.29. The van der Waals surface area contributed by atoms with Gasteiger partial charge in [0.15, 0.2) is 0 Å². The first-order valence-corrected chi connectivity index (χ1v) is 8.41. The molecule has 110 valence electrons. The summed E-state index contributed by atoms with van der Waals surface area (Å²) >= 11 is 0. The number of fused-ring (bicyclic) bond motifs is 1. The Bertz CT molecular complexity index is 294. The molecule has 2 heterocycles. The van der Waals surface area contributed by atoms with Gasteiger partial charge in [-0.15, -0.1) is 0 Å². The third-order valence-corrected chi connectivity index (χ3v) is 5.65. The van der Waals surface area contributed by atoms with Gasteiger partial charge in [-0.3, -0.25) is 4.90 Å².